The van der Waals surface area contributed by atoms with Crippen molar-refractivity contribution in [2.75, 3.05) is 7.11 Å². The minimum Gasteiger partial charge on any atom is -0.481 e. The number of rotatable bonds is 6. The molecule has 6 rings (SSSR count). The number of aliphatic carboxylic acids is 1. The molecule has 230 valence electrons. The van der Waals surface area contributed by atoms with Crippen molar-refractivity contribution < 1.29 is 24.2 Å². The summed E-state index contributed by atoms with van der Waals surface area (Å²) in [5, 5.41) is 15.2. The molecule has 3 aromatic heterocycles. The van der Waals surface area contributed by atoms with E-state index >= 15 is 0 Å². The standard InChI is InChI=1S/C35H40N4O5/c1-8-19-15(3)22-12-24-17(5)21(10-11-28(40)41)32(38-24)30-31(35(43)44-7)34(42)29-18(6)25(39-33(29)30)14-27-20(9-2)16(4)23(37-27)13-26(19)36-22/h12-14,17,21,31,36-39H,8-11H2,1-7H3,(H,40,41)/b23-13-,24-12-,27-14-,32-30-/t17-,21-,31+/m0/s1. The van der Waals surface area contributed by atoms with Crippen LogP contribution in [0.1, 0.15) is 94.6 Å². The summed E-state index contributed by atoms with van der Waals surface area (Å²) in [6.07, 6.45) is 8.32. The van der Waals surface area contributed by atoms with Crippen molar-refractivity contribution in [2.24, 2.45) is 17.8 Å². The quantitative estimate of drug-likeness (QED) is 0.214. The fraction of sp³-hybridized carbons (Fsp3) is 0.400. The number of hydrogen-bond acceptors (Lipinski definition) is 5. The fourth-order valence-electron chi connectivity index (χ4n) is 7.50. The van der Waals surface area contributed by atoms with Crippen molar-refractivity contribution in [1.29, 1.82) is 0 Å². The molecular weight excluding hydrogens is 556 g/mol. The second-order valence-electron chi connectivity index (χ2n) is 12.2. The molecule has 0 spiro atoms. The molecule has 44 heavy (non-hydrogen) atoms. The number of carboxylic acid groups (broad SMARTS) is 1. The summed E-state index contributed by atoms with van der Waals surface area (Å²) in [4.78, 5) is 49.8. The smallest absolute Gasteiger partial charge is 0.321 e. The molecule has 8 bridgehead atoms. The summed E-state index contributed by atoms with van der Waals surface area (Å²) in [5.74, 6) is -3.31. The number of ether oxygens (including phenoxy) is 1. The van der Waals surface area contributed by atoms with E-state index in [1.807, 2.05) is 6.92 Å². The fourth-order valence-corrected chi connectivity index (χ4v) is 7.50. The van der Waals surface area contributed by atoms with Gasteiger partial charge in [0, 0.05) is 68.6 Å². The number of carbonyl (C=O) groups is 3. The number of aromatic nitrogens is 3. The zero-order chi connectivity index (χ0) is 31.6. The van der Waals surface area contributed by atoms with E-state index in [2.05, 4.69) is 73.1 Å². The van der Waals surface area contributed by atoms with Gasteiger partial charge in [0.1, 0.15) is 5.92 Å². The van der Waals surface area contributed by atoms with E-state index in [9.17, 15) is 19.5 Å². The molecule has 1 fully saturated rings. The topological polar surface area (TPSA) is 140 Å². The van der Waals surface area contributed by atoms with Gasteiger partial charge < -0.3 is 30.1 Å². The van der Waals surface area contributed by atoms with Crippen molar-refractivity contribution in [1.82, 2.24) is 20.3 Å². The monoisotopic (exact) mass is 596 g/mol. The van der Waals surface area contributed by atoms with E-state index in [0.29, 0.717) is 28.9 Å². The second kappa shape index (κ2) is 10.9. The molecule has 9 heteroatoms. The number of ketones is 1. The van der Waals surface area contributed by atoms with Gasteiger partial charge in [-0.15, -0.1) is 0 Å². The summed E-state index contributed by atoms with van der Waals surface area (Å²) >= 11 is 0. The number of H-pyrrole nitrogens is 3. The van der Waals surface area contributed by atoms with E-state index in [1.165, 1.54) is 23.8 Å². The molecule has 3 atom stereocenters. The number of aromatic amines is 3. The summed E-state index contributed by atoms with van der Waals surface area (Å²) in [7, 11) is 1.29. The average molecular weight is 597 g/mol. The van der Waals surface area contributed by atoms with Gasteiger partial charge >= 0.3 is 11.9 Å². The molecule has 5 N–H and O–H groups in total. The van der Waals surface area contributed by atoms with E-state index in [0.717, 1.165) is 57.4 Å². The van der Waals surface area contributed by atoms with Gasteiger partial charge in [0.15, 0.2) is 5.78 Å². The number of Topliss-reactive ketones (excluding diaryl/α,β-unsaturated/α-hetero) is 1. The van der Waals surface area contributed by atoms with Crippen LogP contribution in [0, 0.1) is 38.5 Å². The van der Waals surface area contributed by atoms with Gasteiger partial charge in [0.2, 0.25) is 0 Å². The molecule has 1 saturated heterocycles. The molecule has 3 aliphatic rings. The third kappa shape index (κ3) is 4.40. The molecule has 1 aliphatic carbocycles. The van der Waals surface area contributed by atoms with E-state index < -0.39 is 17.9 Å². The zero-order valence-electron chi connectivity index (χ0n) is 26.4. The number of hydrogen-bond donors (Lipinski definition) is 5. The van der Waals surface area contributed by atoms with E-state index in [4.69, 9.17) is 4.74 Å². The summed E-state index contributed by atoms with van der Waals surface area (Å²) in [6.45, 7) is 12.5. The molecular formula is C35H40N4O5. The van der Waals surface area contributed by atoms with Crippen LogP contribution >= 0.6 is 0 Å². The van der Waals surface area contributed by atoms with Crippen LogP contribution in [0.4, 0.5) is 0 Å². The van der Waals surface area contributed by atoms with Gasteiger partial charge in [-0.05, 0) is 86.1 Å². The Kier molecular flexibility index (Phi) is 7.30. The Hall–Kier alpha value is -4.53. The molecule has 0 amide bonds. The van der Waals surface area contributed by atoms with Crippen LogP contribution in [0.3, 0.4) is 0 Å². The molecule has 9 nitrogen and oxygen atoms in total. The molecule has 0 aromatic carbocycles. The Labute approximate surface area is 256 Å². The third-order valence-electron chi connectivity index (χ3n) is 9.98. The molecule has 0 saturated carbocycles. The molecule has 0 radical (unpaired) electrons. The van der Waals surface area contributed by atoms with Crippen molar-refractivity contribution in [2.45, 2.75) is 67.2 Å². The van der Waals surface area contributed by atoms with Crippen molar-refractivity contribution >= 4 is 41.5 Å². The predicted molar refractivity (Wildman–Crippen MR) is 169 cm³/mol. The average Bonchev–Trinajstić information content (AvgIpc) is 3.72. The Morgan fingerprint density at radius 1 is 0.886 bits per heavy atom. The van der Waals surface area contributed by atoms with Gasteiger partial charge in [-0.3, -0.25) is 14.4 Å². The first kappa shape index (κ1) is 29.5. The minimum absolute atomic E-state index is 0.0398. The zero-order valence-corrected chi connectivity index (χ0v) is 26.4. The lowest BCUT2D eigenvalue weighted by Gasteiger charge is -2.19. The number of carboxylic acids is 1. The van der Waals surface area contributed by atoms with Crippen LogP contribution in [0.15, 0.2) is 11.4 Å². The number of carbonyl (C=O) groups excluding carboxylic acids is 2. The highest BCUT2D eigenvalue weighted by Crippen LogP contribution is 2.48. The first-order chi connectivity index (χ1) is 21.0. The van der Waals surface area contributed by atoms with Crippen LogP contribution in [-0.4, -0.2) is 44.9 Å². The Morgan fingerprint density at radius 2 is 1.57 bits per heavy atom. The first-order valence-corrected chi connectivity index (χ1v) is 15.4. The highest BCUT2D eigenvalue weighted by Gasteiger charge is 2.48. The van der Waals surface area contributed by atoms with E-state index in [1.54, 1.807) is 0 Å². The van der Waals surface area contributed by atoms with Gasteiger partial charge in [-0.2, -0.15) is 0 Å². The maximum absolute atomic E-state index is 14.0. The number of methoxy groups -OCH3 is 1. The maximum Gasteiger partial charge on any atom is 0.321 e. The third-order valence-corrected chi connectivity index (χ3v) is 9.98. The van der Waals surface area contributed by atoms with Crippen LogP contribution in [0.2, 0.25) is 0 Å². The summed E-state index contributed by atoms with van der Waals surface area (Å²) in [6, 6.07) is 0. The Balaban J connectivity index is 1.73. The highest BCUT2D eigenvalue weighted by molar-refractivity contribution is 6.24. The minimum atomic E-state index is -1.14. The van der Waals surface area contributed by atoms with Crippen LogP contribution < -0.4 is 16.0 Å². The van der Waals surface area contributed by atoms with Gasteiger partial charge in [-0.1, -0.05) is 20.8 Å². The predicted octanol–water partition coefficient (Wildman–Crippen LogP) is 4.15. The first-order valence-electron chi connectivity index (χ1n) is 15.4. The summed E-state index contributed by atoms with van der Waals surface area (Å²) in [5.41, 5.74) is 11.5. The lowest BCUT2D eigenvalue weighted by atomic mass is 9.85. The number of nitrogens with one attached hydrogen (secondary N) is 4. The van der Waals surface area contributed by atoms with Crippen molar-refractivity contribution in [3.63, 3.8) is 0 Å². The lowest BCUT2D eigenvalue weighted by molar-refractivity contribution is -0.142. The van der Waals surface area contributed by atoms with Gasteiger partial charge in [0.05, 0.1) is 12.8 Å². The summed E-state index contributed by atoms with van der Waals surface area (Å²) < 4.78 is 5.16. The van der Waals surface area contributed by atoms with Crippen molar-refractivity contribution in [3.8, 4) is 0 Å². The SMILES string of the molecule is CCc1c2[nH]c(c1C)/C=C1\N/C(=C3\c4[nH]c(c(C)c4C(=O)[C@@H]3C(=O)OC)/C=c3\[nH]/c(c(C)c3CC)=C\2)[C@@H](CCC(=O)O)[C@@H]1C. The van der Waals surface area contributed by atoms with E-state index in [-0.39, 0.29) is 24.0 Å². The van der Waals surface area contributed by atoms with Crippen molar-refractivity contribution in [3.05, 3.63) is 78.2 Å². The van der Waals surface area contributed by atoms with Gasteiger partial charge in [0.25, 0.3) is 0 Å². The Bertz CT molecular complexity index is 1930. The lowest BCUT2D eigenvalue weighted by Crippen LogP contribution is -2.25. The highest BCUT2D eigenvalue weighted by atomic mass is 16.5. The number of esters is 1. The Morgan fingerprint density at radius 3 is 2.23 bits per heavy atom. The molecule has 0 unspecified atom stereocenters. The van der Waals surface area contributed by atoms with Crippen LogP contribution in [0.5, 0.6) is 0 Å². The van der Waals surface area contributed by atoms with Crippen LogP contribution in [0.25, 0.3) is 23.8 Å². The molecule has 2 aliphatic heterocycles. The second-order valence-corrected chi connectivity index (χ2v) is 12.2. The molecule has 5 heterocycles. The molecule has 3 aromatic rings. The normalized spacial score (nSPS) is 24.7. The maximum atomic E-state index is 14.0. The van der Waals surface area contributed by atoms with Gasteiger partial charge in [-0.25, -0.2) is 0 Å². The number of fused-ring (bicyclic) bond motifs is 7. The largest absolute Gasteiger partial charge is 0.481 e. The number of allylic oxidation sites excluding steroid dienone is 2. The van der Waals surface area contributed by atoms with Crippen LogP contribution in [-0.2, 0) is 27.2 Å².